The maximum absolute atomic E-state index is 12.2. The summed E-state index contributed by atoms with van der Waals surface area (Å²) in [5.74, 6) is 0. The van der Waals surface area contributed by atoms with Crippen molar-refractivity contribution in [1.29, 1.82) is 0 Å². The Bertz CT molecular complexity index is 242. The number of piperidine rings is 1. The van der Waals surface area contributed by atoms with Gasteiger partial charge in [-0.1, -0.05) is 0 Å². The van der Waals surface area contributed by atoms with Crippen molar-refractivity contribution in [2.24, 2.45) is 0 Å². The number of hydrogen-bond donors (Lipinski definition) is 1. The van der Waals surface area contributed by atoms with Gasteiger partial charge in [-0.15, -0.1) is 0 Å². The molecule has 0 spiro atoms. The predicted molar refractivity (Wildman–Crippen MR) is 60.4 cm³/mol. The van der Waals surface area contributed by atoms with Crippen molar-refractivity contribution in [3.8, 4) is 0 Å². The molecule has 0 aromatic heterocycles. The Morgan fingerprint density at radius 1 is 1.20 bits per heavy atom. The largest absolute Gasteiger partial charge is 0.393 e. The van der Waals surface area contributed by atoms with E-state index in [1.807, 2.05) is 4.31 Å². The molecule has 2 atom stereocenters. The van der Waals surface area contributed by atoms with Crippen molar-refractivity contribution in [1.82, 2.24) is 8.61 Å². The molecule has 1 N–H and O–H groups in total. The second-order valence-electron chi connectivity index (χ2n) is 4.52. The van der Waals surface area contributed by atoms with Crippen molar-refractivity contribution >= 4 is 11.2 Å². The maximum Gasteiger partial charge on any atom is 0.172 e. The third kappa shape index (κ3) is 2.58. The summed E-state index contributed by atoms with van der Waals surface area (Å²) in [6.45, 7) is 4.62. The van der Waals surface area contributed by atoms with E-state index in [1.54, 1.807) is 0 Å². The lowest BCUT2D eigenvalue weighted by Gasteiger charge is -2.32. The molecule has 2 unspecified atom stereocenters. The molecule has 2 aliphatic rings. The van der Waals surface area contributed by atoms with Crippen LogP contribution in [0.25, 0.3) is 0 Å². The quantitative estimate of drug-likeness (QED) is 0.754. The summed E-state index contributed by atoms with van der Waals surface area (Å²) in [5, 5.41) is 9.39. The molecule has 4 nitrogen and oxygen atoms in total. The zero-order chi connectivity index (χ0) is 10.8. The van der Waals surface area contributed by atoms with Crippen LogP contribution in [0.2, 0.25) is 0 Å². The average molecular weight is 232 g/mol. The molecule has 2 fully saturated rings. The van der Waals surface area contributed by atoms with E-state index in [0.29, 0.717) is 6.04 Å². The minimum atomic E-state index is -0.971. The number of aliphatic hydroxyl groups is 1. The molecule has 2 rings (SSSR count). The lowest BCUT2D eigenvalue weighted by molar-refractivity contribution is 0.113. The monoisotopic (exact) mass is 232 g/mol. The summed E-state index contributed by atoms with van der Waals surface area (Å²) in [5.41, 5.74) is 0. The van der Waals surface area contributed by atoms with Gasteiger partial charge in [-0.2, -0.15) is 0 Å². The van der Waals surface area contributed by atoms with Crippen molar-refractivity contribution in [2.75, 3.05) is 19.6 Å². The molecule has 5 heteroatoms. The SMILES string of the molecule is CC1CCCN1S(=O)N1CCC(O)CC1. The first-order valence-electron chi connectivity index (χ1n) is 5.80. The normalized spacial score (nSPS) is 33.3. The molecule has 2 aliphatic heterocycles. The highest BCUT2D eigenvalue weighted by Crippen LogP contribution is 2.22. The second-order valence-corrected chi connectivity index (χ2v) is 5.97. The van der Waals surface area contributed by atoms with E-state index < -0.39 is 11.2 Å². The van der Waals surface area contributed by atoms with Crippen LogP contribution in [0.5, 0.6) is 0 Å². The van der Waals surface area contributed by atoms with Gasteiger partial charge in [0.15, 0.2) is 11.2 Å². The maximum atomic E-state index is 12.2. The topological polar surface area (TPSA) is 43.8 Å². The van der Waals surface area contributed by atoms with E-state index in [-0.39, 0.29) is 6.10 Å². The first-order chi connectivity index (χ1) is 7.18. The minimum Gasteiger partial charge on any atom is -0.393 e. The minimum absolute atomic E-state index is 0.186. The highest BCUT2D eigenvalue weighted by atomic mass is 32.2. The summed E-state index contributed by atoms with van der Waals surface area (Å²) in [4.78, 5) is 0. The number of nitrogens with zero attached hydrogens (tertiary/aromatic N) is 2. The zero-order valence-corrected chi connectivity index (χ0v) is 10.1. The summed E-state index contributed by atoms with van der Waals surface area (Å²) >= 11 is -0.971. The van der Waals surface area contributed by atoms with Crippen LogP contribution in [-0.2, 0) is 11.2 Å². The molecule has 0 aromatic rings. The Balaban J connectivity index is 1.90. The smallest absolute Gasteiger partial charge is 0.172 e. The van der Waals surface area contributed by atoms with Gasteiger partial charge in [0.25, 0.3) is 0 Å². The molecule has 0 aliphatic carbocycles. The van der Waals surface area contributed by atoms with Crippen LogP contribution in [0, 0.1) is 0 Å². The van der Waals surface area contributed by atoms with Crippen LogP contribution < -0.4 is 0 Å². The Hall–Kier alpha value is 0.0300. The summed E-state index contributed by atoms with van der Waals surface area (Å²) in [7, 11) is 0. The van der Waals surface area contributed by atoms with E-state index in [4.69, 9.17) is 0 Å². The van der Waals surface area contributed by atoms with Crippen LogP contribution in [0.3, 0.4) is 0 Å². The fourth-order valence-corrected chi connectivity index (χ4v) is 3.80. The van der Waals surface area contributed by atoms with Gasteiger partial charge in [-0.05, 0) is 32.6 Å². The fourth-order valence-electron chi connectivity index (χ4n) is 2.29. The first kappa shape index (κ1) is 11.5. The third-order valence-electron chi connectivity index (χ3n) is 3.34. The standard InChI is InChI=1S/C10H20N2O2S/c1-9-3-2-6-12(9)15(14)11-7-4-10(13)5-8-11/h9-10,13H,2-8H2,1H3. The average Bonchev–Trinajstić information content (AvgIpc) is 2.65. The third-order valence-corrected chi connectivity index (χ3v) is 5.09. The zero-order valence-electron chi connectivity index (χ0n) is 9.26. The van der Waals surface area contributed by atoms with Crippen molar-refractivity contribution in [2.45, 2.75) is 44.8 Å². The Morgan fingerprint density at radius 2 is 1.87 bits per heavy atom. The van der Waals surface area contributed by atoms with Crippen LogP contribution >= 0.6 is 0 Å². The number of hydrogen-bond acceptors (Lipinski definition) is 2. The molecule has 0 saturated carbocycles. The van der Waals surface area contributed by atoms with E-state index in [2.05, 4.69) is 11.2 Å². The molecule has 0 aromatic carbocycles. The van der Waals surface area contributed by atoms with E-state index in [9.17, 15) is 9.32 Å². The van der Waals surface area contributed by atoms with Crippen LogP contribution in [0.4, 0.5) is 0 Å². The summed E-state index contributed by atoms with van der Waals surface area (Å²) in [6, 6.07) is 0.442. The molecule has 0 bridgehead atoms. The number of aliphatic hydroxyl groups excluding tert-OH is 1. The molecule has 2 saturated heterocycles. The van der Waals surface area contributed by atoms with Gasteiger partial charge in [0.1, 0.15) is 0 Å². The van der Waals surface area contributed by atoms with E-state index >= 15 is 0 Å². The van der Waals surface area contributed by atoms with Crippen LogP contribution in [-0.4, -0.2) is 49.7 Å². The van der Waals surface area contributed by atoms with Crippen molar-refractivity contribution < 1.29 is 9.32 Å². The Morgan fingerprint density at radius 3 is 2.40 bits per heavy atom. The Kier molecular flexibility index (Phi) is 3.77. The molecular formula is C10H20N2O2S. The highest BCUT2D eigenvalue weighted by Gasteiger charge is 2.30. The van der Waals surface area contributed by atoms with E-state index in [0.717, 1.165) is 45.3 Å². The first-order valence-corrected chi connectivity index (χ1v) is 6.86. The molecule has 0 amide bonds. The van der Waals surface area contributed by atoms with Crippen molar-refractivity contribution in [3.63, 3.8) is 0 Å². The summed E-state index contributed by atoms with van der Waals surface area (Å²) < 4.78 is 16.3. The lowest BCUT2D eigenvalue weighted by Crippen LogP contribution is -2.44. The molecule has 0 radical (unpaired) electrons. The predicted octanol–water partition coefficient (Wildman–Crippen LogP) is 0.506. The van der Waals surface area contributed by atoms with Gasteiger partial charge < -0.3 is 5.11 Å². The van der Waals surface area contributed by atoms with Gasteiger partial charge in [-0.25, -0.2) is 12.8 Å². The lowest BCUT2D eigenvalue weighted by atomic mass is 10.1. The second kappa shape index (κ2) is 4.91. The molecule has 2 heterocycles. The summed E-state index contributed by atoms with van der Waals surface area (Å²) in [6.07, 6.45) is 3.64. The number of rotatable bonds is 2. The fraction of sp³-hybridized carbons (Fsp3) is 1.00. The molecular weight excluding hydrogens is 212 g/mol. The van der Waals surface area contributed by atoms with Crippen molar-refractivity contribution in [3.05, 3.63) is 0 Å². The van der Waals surface area contributed by atoms with Gasteiger partial charge in [-0.3, -0.25) is 0 Å². The van der Waals surface area contributed by atoms with Gasteiger partial charge in [0, 0.05) is 25.7 Å². The van der Waals surface area contributed by atoms with Gasteiger partial charge in [0.05, 0.1) is 6.10 Å². The van der Waals surface area contributed by atoms with Gasteiger partial charge in [0.2, 0.25) is 0 Å². The molecule has 15 heavy (non-hydrogen) atoms. The van der Waals surface area contributed by atoms with Crippen LogP contribution in [0.15, 0.2) is 0 Å². The molecule has 88 valence electrons. The van der Waals surface area contributed by atoms with Crippen LogP contribution in [0.1, 0.15) is 32.6 Å². The highest BCUT2D eigenvalue weighted by molar-refractivity contribution is 7.80. The Labute approximate surface area is 94.0 Å². The van der Waals surface area contributed by atoms with Gasteiger partial charge >= 0.3 is 0 Å². The van der Waals surface area contributed by atoms with E-state index in [1.165, 1.54) is 0 Å².